The second-order valence-electron chi connectivity index (χ2n) is 10.4. The monoisotopic (exact) mass is 607 g/mol. The van der Waals surface area contributed by atoms with Gasteiger partial charge >= 0.3 is 0 Å². The second-order valence-corrected chi connectivity index (χ2v) is 12.2. The molecule has 1 nitrogen and oxygen atoms in total. The molecular formula is C34H27Br2N. The van der Waals surface area contributed by atoms with Gasteiger partial charge in [0.25, 0.3) is 0 Å². The molecule has 1 fully saturated rings. The van der Waals surface area contributed by atoms with E-state index in [-0.39, 0.29) is 0 Å². The second kappa shape index (κ2) is 9.45. The minimum Gasteiger partial charge on any atom is -0.310 e. The molecule has 0 saturated heterocycles. The number of hydrogen-bond acceptors (Lipinski definition) is 1. The molecule has 3 aliphatic carbocycles. The van der Waals surface area contributed by atoms with Crippen molar-refractivity contribution in [2.24, 2.45) is 0 Å². The van der Waals surface area contributed by atoms with Gasteiger partial charge in [0.2, 0.25) is 0 Å². The number of halogens is 2. The lowest BCUT2D eigenvalue weighted by atomic mass is 9.66. The van der Waals surface area contributed by atoms with E-state index >= 15 is 0 Å². The number of benzene rings is 5. The van der Waals surface area contributed by atoms with Gasteiger partial charge in [-0.05, 0) is 126 Å². The average molecular weight is 609 g/mol. The van der Waals surface area contributed by atoms with Crippen LogP contribution in [-0.2, 0) is 0 Å². The van der Waals surface area contributed by atoms with Crippen molar-refractivity contribution in [1.82, 2.24) is 0 Å². The Labute approximate surface area is 235 Å². The Morgan fingerprint density at radius 1 is 0.541 bits per heavy atom. The Balaban J connectivity index is 1.44. The van der Waals surface area contributed by atoms with Crippen LogP contribution >= 0.6 is 31.9 Å². The summed E-state index contributed by atoms with van der Waals surface area (Å²) in [7, 11) is 0. The molecule has 0 heterocycles. The van der Waals surface area contributed by atoms with Gasteiger partial charge in [0.15, 0.2) is 0 Å². The zero-order chi connectivity index (χ0) is 24.9. The standard InChI is InChI=1S/C34H27Br2N/c35-27-10-14-29(15-11-27)37(30-16-12-28(36)13-17-30)34-21-26(19-25-3-1-2-4-32(25)34)24-9-18-31-22-5-7-23(8-6-22)33(31)20-24/h1-4,9-23H,5-8H2. The Kier molecular flexibility index (Phi) is 5.94. The molecule has 182 valence electrons. The maximum Gasteiger partial charge on any atom is 0.0546 e. The molecule has 5 aromatic rings. The van der Waals surface area contributed by atoms with Crippen LogP contribution in [0.25, 0.3) is 21.9 Å². The summed E-state index contributed by atoms with van der Waals surface area (Å²) in [5.41, 5.74) is 9.27. The minimum absolute atomic E-state index is 0.738. The molecule has 0 N–H and O–H groups in total. The number of rotatable bonds is 4. The topological polar surface area (TPSA) is 3.24 Å². The van der Waals surface area contributed by atoms with Crippen molar-refractivity contribution in [3.63, 3.8) is 0 Å². The summed E-state index contributed by atoms with van der Waals surface area (Å²) in [6.07, 6.45) is 5.44. The van der Waals surface area contributed by atoms with Crippen molar-refractivity contribution in [2.45, 2.75) is 37.5 Å². The van der Waals surface area contributed by atoms with Gasteiger partial charge in [0.1, 0.15) is 0 Å². The van der Waals surface area contributed by atoms with E-state index in [1.165, 1.54) is 53.3 Å². The minimum atomic E-state index is 0.738. The molecule has 0 aliphatic heterocycles. The number of fused-ring (bicyclic) bond motifs is 3. The summed E-state index contributed by atoms with van der Waals surface area (Å²) >= 11 is 7.24. The third kappa shape index (κ3) is 4.23. The van der Waals surface area contributed by atoms with Crippen molar-refractivity contribution in [2.75, 3.05) is 4.90 Å². The smallest absolute Gasteiger partial charge is 0.0546 e. The molecule has 0 amide bonds. The molecule has 2 bridgehead atoms. The normalized spacial score (nSPS) is 18.1. The lowest BCUT2D eigenvalue weighted by Crippen LogP contribution is -2.21. The van der Waals surface area contributed by atoms with Crippen LogP contribution in [-0.4, -0.2) is 0 Å². The molecule has 8 rings (SSSR count). The van der Waals surface area contributed by atoms with E-state index in [1.807, 2.05) is 0 Å². The summed E-state index contributed by atoms with van der Waals surface area (Å²) < 4.78 is 2.16. The van der Waals surface area contributed by atoms with Crippen LogP contribution in [0.2, 0.25) is 0 Å². The van der Waals surface area contributed by atoms with Crippen molar-refractivity contribution in [1.29, 1.82) is 0 Å². The summed E-state index contributed by atoms with van der Waals surface area (Å²) in [5.74, 6) is 1.51. The van der Waals surface area contributed by atoms with Crippen LogP contribution in [0.15, 0.2) is 112 Å². The van der Waals surface area contributed by atoms with E-state index in [1.54, 1.807) is 11.1 Å². The first-order valence-electron chi connectivity index (χ1n) is 13.1. The highest BCUT2D eigenvalue weighted by Gasteiger charge is 2.32. The highest BCUT2D eigenvalue weighted by Crippen LogP contribution is 2.50. The van der Waals surface area contributed by atoms with E-state index in [2.05, 4.69) is 140 Å². The van der Waals surface area contributed by atoms with Crippen LogP contribution < -0.4 is 4.90 Å². The number of anilines is 3. The molecule has 0 radical (unpaired) electrons. The van der Waals surface area contributed by atoms with E-state index in [0.717, 1.165) is 32.2 Å². The van der Waals surface area contributed by atoms with Crippen LogP contribution in [0.3, 0.4) is 0 Å². The third-order valence-electron chi connectivity index (χ3n) is 8.28. The van der Waals surface area contributed by atoms with Crippen molar-refractivity contribution in [3.8, 4) is 11.1 Å². The maximum atomic E-state index is 3.62. The van der Waals surface area contributed by atoms with E-state index in [9.17, 15) is 0 Å². The SMILES string of the molecule is Brc1ccc(N(c2ccc(Br)cc2)c2cc(-c3ccc4c(c3)C3CCC4CC3)cc3ccccc23)cc1. The zero-order valence-corrected chi connectivity index (χ0v) is 23.7. The Morgan fingerprint density at radius 2 is 1.14 bits per heavy atom. The van der Waals surface area contributed by atoms with Gasteiger partial charge in [0.05, 0.1) is 5.69 Å². The fourth-order valence-corrected chi connectivity index (χ4v) is 6.97. The van der Waals surface area contributed by atoms with Crippen molar-refractivity contribution >= 4 is 59.7 Å². The van der Waals surface area contributed by atoms with Gasteiger partial charge in [-0.25, -0.2) is 0 Å². The van der Waals surface area contributed by atoms with Gasteiger partial charge in [-0.2, -0.15) is 0 Å². The molecule has 3 aliphatic rings. The molecule has 0 atom stereocenters. The molecule has 1 saturated carbocycles. The zero-order valence-electron chi connectivity index (χ0n) is 20.5. The Hall–Kier alpha value is -2.88. The van der Waals surface area contributed by atoms with Gasteiger partial charge in [-0.3, -0.25) is 0 Å². The van der Waals surface area contributed by atoms with Gasteiger partial charge in [-0.15, -0.1) is 0 Å². The lowest BCUT2D eigenvalue weighted by molar-refractivity contribution is 0.359. The first-order valence-corrected chi connectivity index (χ1v) is 14.7. The number of hydrogen-bond donors (Lipinski definition) is 0. The lowest BCUT2D eigenvalue weighted by Gasteiger charge is -2.38. The highest BCUT2D eigenvalue weighted by atomic mass is 79.9. The van der Waals surface area contributed by atoms with Crippen LogP contribution in [0.5, 0.6) is 0 Å². The maximum absolute atomic E-state index is 3.62. The molecule has 3 heteroatoms. The van der Waals surface area contributed by atoms with Gasteiger partial charge < -0.3 is 4.90 Å². The summed E-state index contributed by atoms with van der Waals surface area (Å²) in [5, 5.41) is 2.50. The Morgan fingerprint density at radius 3 is 1.78 bits per heavy atom. The predicted molar refractivity (Wildman–Crippen MR) is 163 cm³/mol. The van der Waals surface area contributed by atoms with E-state index in [4.69, 9.17) is 0 Å². The third-order valence-corrected chi connectivity index (χ3v) is 9.33. The molecular weight excluding hydrogens is 582 g/mol. The predicted octanol–water partition coefficient (Wildman–Crippen LogP) is 11.3. The summed E-state index contributed by atoms with van der Waals surface area (Å²) in [6, 6.07) is 38.0. The fraction of sp³-hybridized carbons (Fsp3) is 0.176. The molecule has 0 unspecified atom stereocenters. The molecule has 37 heavy (non-hydrogen) atoms. The first-order chi connectivity index (χ1) is 18.1. The Bertz CT molecular complexity index is 1550. The quantitative estimate of drug-likeness (QED) is 0.196. The molecule has 0 spiro atoms. The molecule has 0 aromatic heterocycles. The fourth-order valence-electron chi connectivity index (χ4n) is 6.44. The highest BCUT2D eigenvalue weighted by molar-refractivity contribution is 9.10. The van der Waals surface area contributed by atoms with Crippen LogP contribution in [0.4, 0.5) is 17.1 Å². The first kappa shape index (κ1) is 23.3. The van der Waals surface area contributed by atoms with E-state index < -0.39 is 0 Å². The van der Waals surface area contributed by atoms with Crippen LogP contribution in [0.1, 0.15) is 48.6 Å². The van der Waals surface area contributed by atoms with E-state index in [0.29, 0.717) is 0 Å². The largest absolute Gasteiger partial charge is 0.310 e. The summed E-state index contributed by atoms with van der Waals surface area (Å²) in [6.45, 7) is 0. The summed E-state index contributed by atoms with van der Waals surface area (Å²) in [4.78, 5) is 2.38. The van der Waals surface area contributed by atoms with Crippen molar-refractivity contribution in [3.05, 3.63) is 123 Å². The molecule has 5 aromatic carbocycles. The van der Waals surface area contributed by atoms with Crippen molar-refractivity contribution < 1.29 is 0 Å². The van der Waals surface area contributed by atoms with Crippen LogP contribution in [0, 0.1) is 0 Å². The average Bonchev–Trinajstić information content (AvgIpc) is 2.95. The number of nitrogens with zero attached hydrogens (tertiary/aromatic N) is 1. The van der Waals surface area contributed by atoms with Gasteiger partial charge in [-0.1, -0.05) is 74.3 Å². The van der Waals surface area contributed by atoms with Gasteiger partial charge in [0, 0.05) is 25.7 Å².